The Balaban J connectivity index is 0.000000330. The van der Waals surface area contributed by atoms with Crippen LogP contribution in [0.3, 0.4) is 0 Å². The smallest absolute Gasteiger partial charge is 0.422 e. The van der Waals surface area contributed by atoms with Gasteiger partial charge in [-0.05, 0) is 49.9 Å². The zero-order chi connectivity index (χ0) is 27.1. The molecule has 1 saturated carbocycles. The molecule has 8 heteroatoms. The average molecular weight is 523 g/mol. The van der Waals surface area contributed by atoms with Gasteiger partial charge in [-0.2, -0.15) is 13.2 Å². The van der Waals surface area contributed by atoms with Gasteiger partial charge in [0.25, 0.3) is 0 Å². The molecule has 0 aliphatic heterocycles. The number of nitrogens with zero attached hydrogens (tertiary/aromatic N) is 1. The molecule has 1 aliphatic carbocycles. The number of ether oxygens (including phenoxy) is 1. The number of benzene rings is 1. The van der Waals surface area contributed by atoms with E-state index in [1.165, 1.54) is 57.2 Å². The summed E-state index contributed by atoms with van der Waals surface area (Å²) in [5, 5.41) is 12.1. The van der Waals surface area contributed by atoms with Crippen molar-refractivity contribution in [3.05, 3.63) is 59.9 Å². The molecule has 37 heavy (non-hydrogen) atoms. The number of aromatic nitrogens is 1. The van der Waals surface area contributed by atoms with Gasteiger partial charge < -0.3 is 15.2 Å². The number of pyridine rings is 1. The van der Waals surface area contributed by atoms with E-state index in [9.17, 15) is 18.0 Å². The second kappa shape index (κ2) is 16.3. The summed E-state index contributed by atoms with van der Waals surface area (Å²) in [4.78, 5) is 14.7. The fraction of sp³-hybridized carbons (Fsp3) is 0.586. The number of hydrogen-bond acceptors (Lipinski definition) is 4. The average Bonchev–Trinajstić information content (AvgIpc) is 3.69. The maximum atomic E-state index is 12.1. The minimum absolute atomic E-state index is 0.0706. The number of halogens is 3. The molecule has 1 fully saturated rings. The quantitative estimate of drug-likeness (QED) is 0.235. The van der Waals surface area contributed by atoms with Crippen molar-refractivity contribution in [1.29, 1.82) is 0 Å². The number of carboxylic acids is 1. The van der Waals surface area contributed by atoms with Crippen molar-refractivity contribution in [1.82, 2.24) is 10.3 Å². The molecule has 1 aromatic heterocycles. The topological polar surface area (TPSA) is 71.5 Å². The molecule has 0 saturated heterocycles. The van der Waals surface area contributed by atoms with Gasteiger partial charge in [-0.3, -0.25) is 9.78 Å². The molecular weight excluding hydrogens is 481 g/mol. The van der Waals surface area contributed by atoms with Crippen molar-refractivity contribution in [2.24, 2.45) is 5.92 Å². The summed E-state index contributed by atoms with van der Waals surface area (Å²) in [7, 11) is 0. The molecule has 0 amide bonds. The van der Waals surface area contributed by atoms with Crippen molar-refractivity contribution in [2.45, 2.75) is 89.8 Å². The number of nitrogens with one attached hydrogen (secondary N) is 1. The summed E-state index contributed by atoms with van der Waals surface area (Å²) >= 11 is 0. The third kappa shape index (κ3) is 13.0. The molecule has 1 heterocycles. The Morgan fingerprint density at radius 3 is 2.24 bits per heavy atom. The Morgan fingerprint density at radius 1 is 1.05 bits per heavy atom. The van der Waals surface area contributed by atoms with Crippen LogP contribution in [0.25, 0.3) is 0 Å². The molecule has 5 nitrogen and oxygen atoms in total. The number of rotatable bonds is 15. The largest absolute Gasteiger partial charge is 0.483 e. The lowest BCUT2D eigenvalue weighted by Gasteiger charge is -2.14. The standard InChI is InChI=1S/C19H31F3N2O.C10H10O2/c1-3-4-5-6-7-8-9-10-13-23-16(2)18-12-11-17(14-24-18)25-15-19(20,21)22;11-10(12)9-6-8(9)7-4-2-1-3-5-7/h11-12,14,16,23H,3-10,13,15H2,1-2H3;1-5,8-9H,6H2,(H,11,12)/t16-;8-,9+/m01/s1. The molecule has 2 aromatic rings. The Bertz CT molecular complexity index is 892. The monoisotopic (exact) mass is 522 g/mol. The number of carboxylic acid groups (broad SMARTS) is 1. The minimum Gasteiger partial charge on any atom is -0.483 e. The highest BCUT2D eigenvalue weighted by atomic mass is 19.4. The lowest BCUT2D eigenvalue weighted by atomic mass is 10.1. The van der Waals surface area contributed by atoms with Crippen LogP contribution >= 0.6 is 0 Å². The van der Waals surface area contributed by atoms with Gasteiger partial charge in [0.05, 0.1) is 17.8 Å². The van der Waals surface area contributed by atoms with Crippen LogP contribution in [0, 0.1) is 5.92 Å². The summed E-state index contributed by atoms with van der Waals surface area (Å²) in [6.45, 7) is 3.86. The molecular formula is C29H41F3N2O3. The highest BCUT2D eigenvalue weighted by Gasteiger charge is 2.43. The van der Waals surface area contributed by atoms with Crippen LogP contribution in [0.5, 0.6) is 5.75 Å². The Morgan fingerprint density at radius 2 is 1.70 bits per heavy atom. The van der Waals surface area contributed by atoms with Gasteiger partial charge in [0.1, 0.15) is 5.75 Å². The SMILES string of the molecule is CCCCCCCCCCN[C@@H](C)c1ccc(OCC(F)(F)F)cn1.O=C(O)[C@H]1C[C@@H]1c1ccccc1. The molecule has 0 bridgehead atoms. The van der Waals surface area contributed by atoms with Gasteiger partial charge in [0, 0.05) is 6.04 Å². The maximum absolute atomic E-state index is 12.1. The van der Waals surface area contributed by atoms with Crippen LogP contribution in [0.4, 0.5) is 13.2 Å². The zero-order valence-corrected chi connectivity index (χ0v) is 22.0. The predicted octanol–water partition coefficient (Wildman–Crippen LogP) is 7.69. The maximum Gasteiger partial charge on any atom is 0.422 e. The van der Waals surface area contributed by atoms with E-state index < -0.39 is 18.8 Å². The number of aliphatic carboxylic acids is 1. The first-order chi connectivity index (χ1) is 17.7. The van der Waals surface area contributed by atoms with Gasteiger partial charge in [-0.25, -0.2) is 0 Å². The minimum atomic E-state index is -4.33. The van der Waals surface area contributed by atoms with Gasteiger partial charge in [0.2, 0.25) is 0 Å². The molecule has 1 aliphatic rings. The summed E-state index contributed by atoms with van der Waals surface area (Å²) in [6, 6.07) is 13.1. The van der Waals surface area contributed by atoms with E-state index in [1.807, 2.05) is 37.3 Å². The first-order valence-electron chi connectivity index (χ1n) is 13.4. The zero-order valence-electron chi connectivity index (χ0n) is 22.0. The molecule has 2 N–H and O–H groups in total. The van der Waals surface area contributed by atoms with E-state index in [4.69, 9.17) is 5.11 Å². The number of unbranched alkanes of at least 4 members (excludes halogenated alkanes) is 7. The Labute approximate surface area is 218 Å². The molecule has 0 unspecified atom stereocenters. The van der Waals surface area contributed by atoms with E-state index >= 15 is 0 Å². The van der Waals surface area contributed by atoms with E-state index in [2.05, 4.69) is 22.0 Å². The molecule has 3 atom stereocenters. The van der Waals surface area contributed by atoms with Gasteiger partial charge >= 0.3 is 12.1 Å². The third-order valence-corrected chi connectivity index (χ3v) is 6.42. The lowest BCUT2D eigenvalue weighted by molar-refractivity contribution is -0.153. The van der Waals surface area contributed by atoms with Crippen LogP contribution in [0.15, 0.2) is 48.7 Å². The fourth-order valence-corrected chi connectivity index (χ4v) is 4.12. The highest BCUT2D eigenvalue weighted by Crippen LogP contribution is 2.47. The van der Waals surface area contributed by atoms with Crippen molar-refractivity contribution in [3.8, 4) is 5.75 Å². The normalized spacial score (nSPS) is 17.4. The van der Waals surface area contributed by atoms with E-state index in [0.29, 0.717) is 0 Å². The Hall–Kier alpha value is -2.61. The van der Waals surface area contributed by atoms with Gasteiger partial charge in [0.15, 0.2) is 6.61 Å². The van der Waals surface area contributed by atoms with Crippen molar-refractivity contribution in [3.63, 3.8) is 0 Å². The van der Waals surface area contributed by atoms with Crippen LogP contribution in [0.2, 0.25) is 0 Å². The molecule has 206 valence electrons. The van der Waals surface area contributed by atoms with Crippen LogP contribution in [-0.2, 0) is 4.79 Å². The van der Waals surface area contributed by atoms with Crippen molar-refractivity contribution in [2.75, 3.05) is 13.2 Å². The van der Waals surface area contributed by atoms with Crippen LogP contribution in [0.1, 0.15) is 94.9 Å². The summed E-state index contributed by atoms with van der Waals surface area (Å²) in [6.07, 6.45) is 8.08. The molecule has 3 rings (SSSR count). The first kappa shape index (κ1) is 30.6. The number of alkyl halides is 3. The number of hydrogen-bond donors (Lipinski definition) is 2. The highest BCUT2D eigenvalue weighted by molar-refractivity contribution is 5.75. The second-order valence-electron chi connectivity index (χ2n) is 9.67. The summed E-state index contributed by atoms with van der Waals surface area (Å²) in [5.74, 6) is -0.392. The molecule has 0 spiro atoms. The lowest BCUT2D eigenvalue weighted by Crippen LogP contribution is -2.21. The third-order valence-electron chi connectivity index (χ3n) is 6.42. The Kier molecular flexibility index (Phi) is 13.5. The summed E-state index contributed by atoms with van der Waals surface area (Å²) in [5.41, 5.74) is 1.96. The fourth-order valence-electron chi connectivity index (χ4n) is 4.12. The van der Waals surface area contributed by atoms with Crippen LogP contribution in [-0.4, -0.2) is 35.4 Å². The number of carbonyl (C=O) groups is 1. The van der Waals surface area contributed by atoms with E-state index in [1.54, 1.807) is 6.07 Å². The van der Waals surface area contributed by atoms with E-state index in [0.717, 1.165) is 30.6 Å². The van der Waals surface area contributed by atoms with E-state index in [-0.39, 0.29) is 23.6 Å². The van der Waals surface area contributed by atoms with Gasteiger partial charge in [-0.1, -0.05) is 82.2 Å². The first-order valence-corrected chi connectivity index (χ1v) is 13.4. The van der Waals surface area contributed by atoms with Crippen molar-refractivity contribution < 1.29 is 27.8 Å². The summed E-state index contributed by atoms with van der Waals surface area (Å²) < 4.78 is 41.0. The molecule has 0 radical (unpaired) electrons. The van der Waals surface area contributed by atoms with Crippen LogP contribution < -0.4 is 10.1 Å². The van der Waals surface area contributed by atoms with Gasteiger partial charge in [-0.15, -0.1) is 0 Å². The molecule has 1 aromatic carbocycles. The second-order valence-corrected chi connectivity index (χ2v) is 9.67. The predicted molar refractivity (Wildman–Crippen MR) is 140 cm³/mol. The van der Waals surface area contributed by atoms with Crippen molar-refractivity contribution >= 4 is 5.97 Å².